The summed E-state index contributed by atoms with van der Waals surface area (Å²) in [6, 6.07) is 19.6. The van der Waals surface area contributed by atoms with Crippen molar-refractivity contribution < 1.29 is 23.2 Å². The highest BCUT2D eigenvalue weighted by molar-refractivity contribution is 7.86. The van der Waals surface area contributed by atoms with Crippen LogP contribution in [0, 0.1) is 0 Å². The molecule has 2 atom stereocenters. The lowest BCUT2D eigenvalue weighted by Gasteiger charge is -2.22. The van der Waals surface area contributed by atoms with Gasteiger partial charge in [-0.05, 0) is 17.2 Å². The summed E-state index contributed by atoms with van der Waals surface area (Å²) in [5.74, 6) is -1.67. The van der Waals surface area contributed by atoms with Crippen molar-refractivity contribution in [1.29, 1.82) is 0 Å². The predicted octanol–water partition coefficient (Wildman–Crippen LogP) is 4.65. The molecular weight excluding hydrogens is 376 g/mol. The van der Waals surface area contributed by atoms with E-state index in [1.807, 2.05) is 67.6 Å². The Hall–Kier alpha value is -2.83. The molecule has 0 fully saturated rings. The molecule has 0 aliphatic rings. The standard InChI is InChI=1S/C22H22O5S/c1-14(16-9-5-3-6-10-16)18-13-19(28(25,26)27)22(24)20(21(18)23)15(2)17-11-7-4-8-12-17/h3-15,23-24H,1-2H3,(H,25,26,27). The molecule has 3 aromatic rings. The number of phenolic OH excluding ortho intramolecular Hbond substituents is 2. The van der Waals surface area contributed by atoms with Gasteiger partial charge in [-0.15, -0.1) is 0 Å². The largest absolute Gasteiger partial charge is 0.507 e. The minimum absolute atomic E-state index is 0.0686. The number of aromatic hydroxyl groups is 2. The van der Waals surface area contributed by atoms with E-state index in [0.29, 0.717) is 5.56 Å². The molecule has 0 aliphatic carbocycles. The molecule has 0 aromatic heterocycles. The maximum absolute atomic E-state index is 11.9. The molecule has 0 saturated carbocycles. The first-order valence-corrected chi connectivity index (χ1v) is 10.3. The van der Waals surface area contributed by atoms with Gasteiger partial charge in [-0.25, -0.2) is 0 Å². The normalized spacial score (nSPS) is 13.8. The fraction of sp³-hybridized carbons (Fsp3) is 0.182. The Morgan fingerprint density at radius 2 is 1.21 bits per heavy atom. The van der Waals surface area contributed by atoms with Gasteiger partial charge in [0.15, 0.2) is 0 Å². The average Bonchev–Trinajstić information content (AvgIpc) is 2.68. The molecule has 0 spiro atoms. The molecular formula is C22H22O5S. The monoisotopic (exact) mass is 398 g/mol. The van der Waals surface area contributed by atoms with Crippen molar-refractivity contribution in [3.8, 4) is 11.5 Å². The van der Waals surface area contributed by atoms with Crippen LogP contribution in [0.15, 0.2) is 71.6 Å². The smallest absolute Gasteiger partial charge is 0.298 e. The summed E-state index contributed by atoms with van der Waals surface area (Å²) in [4.78, 5) is -0.610. The highest BCUT2D eigenvalue weighted by Gasteiger charge is 2.29. The summed E-state index contributed by atoms with van der Waals surface area (Å²) in [6.45, 7) is 3.58. The number of rotatable bonds is 5. The fourth-order valence-electron chi connectivity index (χ4n) is 3.44. The maximum Gasteiger partial charge on any atom is 0.298 e. The molecule has 3 N–H and O–H groups in total. The van der Waals surface area contributed by atoms with Crippen LogP contribution in [-0.2, 0) is 10.1 Å². The van der Waals surface area contributed by atoms with Gasteiger partial charge in [0, 0.05) is 23.0 Å². The molecule has 0 amide bonds. The number of hydrogen-bond acceptors (Lipinski definition) is 4. The summed E-state index contributed by atoms with van der Waals surface area (Å²) >= 11 is 0. The summed E-state index contributed by atoms with van der Waals surface area (Å²) in [5, 5.41) is 21.6. The molecule has 146 valence electrons. The molecule has 0 aliphatic heterocycles. The van der Waals surface area contributed by atoms with Crippen molar-refractivity contribution in [2.75, 3.05) is 0 Å². The Bertz CT molecular complexity index is 1080. The van der Waals surface area contributed by atoms with Crippen LogP contribution in [0.5, 0.6) is 11.5 Å². The lowest BCUT2D eigenvalue weighted by molar-refractivity contribution is 0.413. The molecule has 0 bridgehead atoms. The molecule has 2 unspecified atom stereocenters. The van der Waals surface area contributed by atoms with Crippen LogP contribution in [0.1, 0.15) is 47.9 Å². The second-order valence-electron chi connectivity index (χ2n) is 6.81. The van der Waals surface area contributed by atoms with Gasteiger partial charge >= 0.3 is 0 Å². The van der Waals surface area contributed by atoms with E-state index in [4.69, 9.17) is 0 Å². The summed E-state index contributed by atoms with van der Waals surface area (Å²) in [5.41, 5.74) is 2.04. The zero-order chi connectivity index (χ0) is 20.5. The highest BCUT2D eigenvalue weighted by Crippen LogP contribution is 2.46. The summed E-state index contributed by atoms with van der Waals surface area (Å²) in [7, 11) is -4.69. The van der Waals surface area contributed by atoms with Crippen molar-refractivity contribution in [2.45, 2.75) is 30.6 Å². The third-order valence-corrected chi connectivity index (χ3v) is 5.95. The summed E-state index contributed by atoms with van der Waals surface area (Å²) in [6.07, 6.45) is 0. The average molecular weight is 398 g/mol. The predicted molar refractivity (Wildman–Crippen MR) is 108 cm³/mol. The molecule has 0 heterocycles. The van der Waals surface area contributed by atoms with Crippen molar-refractivity contribution in [2.24, 2.45) is 0 Å². The third-order valence-electron chi connectivity index (χ3n) is 5.08. The highest BCUT2D eigenvalue weighted by atomic mass is 32.2. The van der Waals surface area contributed by atoms with E-state index in [9.17, 15) is 23.2 Å². The topological polar surface area (TPSA) is 94.8 Å². The Morgan fingerprint density at radius 3 is 1.68 bits per heavy atom. The van der Waals surface area contributed by atoms with E-state index in [-0.39, 0.29) is 17.2 Å². The van der Waals surface area contributed by atoms with Crippen LogP contribution >= 0.6 is 0 Å². The first-order valence-electron chi connectivity index (χ1n) is 8.88. The maximum atomic E-state index is 11.9. The molecule has 0 saturated heterocycles. The second kappa shape index (κ2) is 7.66. The minimum Gasteiger partial charge on any atom is -0.507 e. The van der Waals surface area contributed by atoms with Crippen LogP contribution in [0.3, 0.4) is 0 Å². The van der Waals surface area contributed by atoms with E-state index in [0.717, 1.165) is 17.2 Å². The molecule has 3 aromatic carbocycles. The van der Waals surface area contributed by atoms with Crippen LogP contribution in [-0.4, -0.2) is 23.2 Å². The van der Waals surface area contributed by atoms with Gasteiger partial charge in [-0.1, -0.05) is 74.5 Å². The molecule has 6 heteroatoms. The molecule has 28 heavy (non-hydrogen) atoms. The molecule has 5 nitrogen and oxygen atoms in total. The van der Waals surface area contributed by atoms with Gasteiger partial charge in [0.05, 0.1) is 0 Å². The van der Waals surface area contributed by atoms with Gasteiger partial charge in [0.2, 0.25) is 0 Å². The van der Waals surface area contributed by atoms with Crippen molar-refractivity contribution >= 4 is 10.1 Å². The van der Waals surface area contributed by atoms with Crippen LogP contribution < -0.4 is 0 Å². The Kier molecular flexibility index (Phi) is 5.45. The Labute approximate surface area is 164 Å². The van der Waals surface area contributed by atoms with Crippen molar-refractivity contribution in [3.63, 3.8) is 0 Å². The van der Waals surface area contributed by atoms with E-state index in [1.54, 1.807) is 6.92 Å². The van der Waals surface area contributed by atoms with E-state index in [1.165, 1.54) is 0 Å². The Balaban J connectivity index is 2.27. The van der Waals surface area contributed by atoms with Gasteiger partial charge in [0.25, 0.3) is 10.1 Å². The molecule has 0 radical (unpaired) electrons. The number of benzene rings is 3. The third kappa shape index (κ3) is 3.74. The fourth-order valence-corrected chi connectivity index (χ4v) is 4.08. The Morgan fingerprint density at radius 1 is 0.750 bits per heavy atom. The second-order valence-corrected chi connectivity index (χ2v) is 8.20. The van der Waals surface area contributed by atoms with E-state index >= 15 is 0 Å². The first kappa shape index (κ1) is 19.9. The molecule has 3 rings (SSSR count). The van der Waals surface area contributed by atoms with Gasteiger partial charge in [0.1, 0.15) is 16.4 Å². The van der Waals surface area contributed by atoms with Gasteiger partial charge in [-0.3, -0.25) is 4.55 Å². The quantitative estimate of drug-likeness (QED) is 0.544. The number of phenols is 2. The van der Waals surface area contributed by atoms with Gasteiger partial charge in [-0.2, -0.15) is 8.42 Å². The van der Waals surface area contributed by atoms with Crippen LogP contribution in [0.25, 0.3) is 0 Å². The van der Waals surface area contributed by atoms with E-state index < -0.39 is 26.7 Å². The number of hydrogen-bond donors (Lipinski definition) is 3. The zero-order valence-corrected chi connectivity index (χ0v) is 16.4. The SMILES string of the molecule is CC(c1ccccc1)c1cc(S(=O)(=O)O)c(O)c(C(C)c2ccccc2)c1O. The lowest BCUT2D eigenvalue weighted by atomic mass is 9.85. The summed E-state index contributed by atoms with van der Waals surface area (Å²) < 4.78 is 33.4. The first-order chi connectivity index (χ1) is 13.2. The zero-order valence-electron chi connectivity index (χ0n) is 15.6. The lowest BCUT2D eigenvalue weighted by Crippen LogP contribution is -2.08. The van der Waals surface area contributed by atoms with Crippen LogP contribution in [0.2, 0.25) is 0 Å². The van der Waals surface area contributed by atoms with Gasteiger partial charge < -0.3 is 10.2 Å². The van der Waals surface area contributed by atoms with E-state index in [2.05, 4.69) is 0 Å². The van der Waals surface area contributed by atoms with Crippen molar-refractivity contribution in [3.05, 3.63) is 89.0 Å². The van der Waals surface area contributed by atoms with Crippen LogP contribution in [0.4, 0.5) is 0 Å². The van der Waals surface area contributed by atoms with Crippen molar-refractivity contribution in [1.82, 2.24) is 0 Å². The minimum atomic E-state index is -4.69.